The molecular weight excluding hydrogens is 414 g/mol. The molecule has 0 saturated carbocycles. The van der Waals surface area contributed by atoms with Crippen molar-refractivity contribution in [3.8, 4) is 5.75 Å². The second kappa shape index (κ2) is 8.85. The minimum atomic E-state index is -0.504. The summed E-state index contributed by atoms with van der Waals surface area (Å²) < 4.78 is 5.16. The summed E-state index contributed by atoms with van der Waals surface area (Å²) in [6.07, 6.45) is 1.65. The molecule has 4 rings (SSSR count). The Labute approximate surface area is 184 Å². The number of nitrogens with zero attached hydrogens (tertiary/aromatic N) is 2. The predicted molar refractivity (Wildman–Crippen MR) is 120 cm³/mol. The summed E-state index contributed by atoms with van der Waals surface area (Å²) in [5.74, 6) is 0.0195. The number of rotatable bonds is 4. The number of hydrazine groups is 1. The summed E-state index contributed by atoms with van der Waals surface area (Å²) in [5, 5.41) is 1.42. The smallest absolute Gasteiger partial charge is 0.288 e. The Kier molecular flexibility index (Phi) is 5.82. The molecule has 6 nitrogen and oxygen atoms in total. The molecule has 1 aliphatic rings. The number of amidine groups is 1. The number of halogens is 1. The van der Waals surface area contributed by atoms with Gasteiger partial charge < -0.3 is 4.74 Å². The Hall–Kier alpha value is -3.90. The quantitative estimate of drug-likeness (QED) is 0.625. The Bertz CT molecular complexity index is 1190. The molecule has 0 aromatic heterocycles. The average Bonchev–Trinajstić information content (AvgIpc) is 2.81. The first-order chi connectivity index (χ1) is 15.1. The Morgan fingerprint density at radius 2 is 1.68 bits per heavy atom. The highest BCUT2D eigenvalue weighted by atomic mass is 35.5. The molecule has 3 aromatic rings. The molecule has 0 saturated heterocycles. The summed E-state index contributed by atoms with van der Waals surface area (Å²) >= 11 is 6.21. The van der Waals surface area contributed by atoms with E-state index >= 15 is 0 Å². The van der Waals surface area contributed by atoms with E-state index in [0.29, 0.717) is 17.1 Å². The van der Waals surface area contributed by atoms with Gasteiger partial charge in [0, 0.05) is 5.56 Å². The van der Waals surface area contributed by atoms with Crippen molar-refractivity contribution < 1.29 is 14.3 Å². The summed E-state index contributed by atoms with van der Waals surface area (Å²) in [5.41, 5.74) is 4.52. The highest BCUT2D eigenvalue weighted by molar-refractivity contribution is 6.34. The SMILES string of the molecule is COc1ccc(/C=C2/N=C(c3ccccc3)N(C(=O)c3ccccc3Cl)NC2=O)cc1. The van der Waals surface area contributed by atoms with Crippen molar-refractivity contribution in [2.24, 2.45) is 4.99 Å². The fourth-order valence-corrected chi connectivity index (χ4v) is 3.28. The monoisotopic (exact) mass is 431 g/mol. The maximum Gasteiger partial charge on any atom is 0.288 e. The Morgan fingerprint density at radius 1 is 1.00 bits per heavy atom. The molecule has 0 radical (unpaired) electrons. The van der Waals surface area contributed by atoms with Crippen LogP contribution in [0.4, 0.5) is 0 Å². The summed E-state index contributed by atoms with van der Waals surface area (Å²) in [7, 11) is 1.59. The minimum absolute atomic E-state index is 0.173. The molecular formula is C24H18ClN3O3. The molecule has 1 heterocycles. The number of methoxy groups -OCH3 is 1. The van der Waals surface area contributed by atoms with Crippen molar-refractivity contribution in [2.75, 3.05) is 7.11 Å². The van der Waals surface area contributed by atoms with Gasteiger partial charge in [-0.1, -0.05) is 66.2 Å². The molecule has 0 atom stereocenters. The van der Waals surface area contributed by atoms with Gasteiger partial charge >= 0.3 is 0 Å². The van der Waals surface area contributed by atoms with Gasteiger partial charge in [-0.2, -0.15) is 5.01 Å². The maximum atomic E-state index is 13.2. The molecule has 0 aliphatic carbocycles. The molecule has 1 aliphatic heterocycles. The minimum Gasteiger partial charge on any atom is -0.497 e. The Morgan fingerprint density at radius 3 is 2.35 bits per heavy atom. The lowest BCUT2D eigenvalue weighted by molar-refractivity contribution is -0.120. The lowest BCUT2D eigenvalue weighted by Gasteiger charge is -2.29. The van der Waals surface area contributed by atoms with E-state index in [-0.39, 0.29) is 16.3 Å². The first-order valence-electron chi connectivity index (χ1n) is 9.46. The number of hydrogen-bond acceptors (Lipinski definition) is 4. The molecule has 3 aromatic carbocycles. The normalized spacial score (nSPS) is 14.8. The van der Waals surface area contributed by atoms with Gasteiger partial charge in [-0.05, 0) is 35.9 Å². The molecule has 0 fully saturated rings. The molecule has 2 amide bonds. The van der Waals surface area contributed by atoms with Gasteiger partial charge in [-0.3, -0.25) is 15.0 Å². The van der Waals surface area contributed by atoms with Crippen LogP contribution in [-0.4, -0.2) is 29.8 Å². The predicted octanol–water partition coefficient (Wildman–Crippen LogP) is 4.32. The number of carbonyl (C=O) groups is 2. The maximum absolute atomic E-state index is 13.2. The second-order valence-electron chi connectivity index (χ2n) is 6.67. The number of nitrogens with one attached hydrogen (secondary N) is 1. The number of aliphatic imine (C=N–C) groups is 1. The van der Waals surface area contributed by atoms with Crippen LogP contribution in [-0.2, 0) is 4.79 Å². The van der Waals surface area contributed by atoms with E-state index in [0.717, 1.165) is 10.6 Å². The fourth-order valence-electron chi connectivity index (χ4n) is 3.07. The van der Waals surface area contributed by atoms with Gasteiger partial charge in [-0.15, -0.1) is 0 Å². The summed E-state index contributed by atoms with van der Waals surface area (Å²) in [6, 6.07) is 23.0. The van der Waals surface area contributed by atoms with Crippen molar-refractivity contribution in [3.05, 3.63) is 106 Å². The lowest BCUT2D eigenvalue weighted by atomic mass is 10.1. The highest BCUT2D eigenvalue weighted by Crippen LogP contribution is 2.22. The molecule has 1 N–H and O–H groups in total. The number of ether oxygens (including phenoxy) is 1. The van der Waals surface area contributed by atoms with E-state index in [1.165, 1.54) is 0 Å². The van der Waals surface area contributed by atoms with Gasteiger partial charge in [-0.25, -0.2) is 4.99 Å². The molecule has 31 heavy (non-hydrogen) atoms. The van der Waals surface area contributed by atoms with Gasteiger partial charge in [0.15, 0.2) is 5.84 Å². The standard InChI is InChI=1S/C24H18ClN3O3/c1-31-18-13-11-16(12-14-18)15-21-23(29)27-28(22(26-21)17-7-3-2-4-8-17)24(30)19-9-5-6-10-20(19)25/h2-15H,1H3,(H,27,29)/b21-15+. The van der Waals surface area contributed by atoms with Crippen molar-refractivity contribution in [3.63, 3.8) is 0 Å². The largest absolute Gasteiger partial charge is 0.497 e. The zero-order chi connectivity index (χ0) is 21.8. The molecule has 0 bridgehead atoms. The number of amides is 2. The van der Waals surface area contributed by atoms with Crippen LogP contribution in [0.5, 0.6) is 5.75 Å². The van der Waals surface area contributed by atoms with E-state index in [4.69, 9.17) is 16.3 Å². The number of carbonyl (C=O) groups excluding carboxylic acids is 2. The number of hydrogen-bond donors (Lipinski definition) is 1. The molecule has 0 unspecified atom stereocenters. The van der Waals surface area contributed by atoms with E-state index in [1.807, 2.05) is 42.5 Å². The van der Waals surface area contributed by atoms with E-state index in [2.05, 4.69) is 10.4 Å². The topological polar surface area (TPSA) is 71.0 Å². The Balaban J connectivity index is 1.78. The van der Waals surface area contributed by atoms with Gasteiger partial charge in [0.05, 0.1) is 17.7 Å². The summed E-state index contributed by atoms with van der Waals surface area (Å²) in [4.78, 5) is 30.5. The fraction of sp³-hybridized carbons (Fsp3) is 0.0417. The second-order valence-corrected chi connectivity index (χ2v) is 7.07. The van der Waals surface area contributed by atoms with Crippen LogP contribution in [0.3, 0.4) is 0 Å². The lowest BCUT2D eigenvalue weighted by Crippen LogP contribution is -2.53. The van der Waals surface area contributed by atoms with Crippen LogP contribution in [0.2, 0.25) is 5.02 Å². The third-order valence-electron chi connectivity index (χ3n) is 4.64. The zero-order valence-electron chi connectivity index (χ0n) is 16.6. The molecule has 7 heteroatoms. The van der Waals surface area contributed by atoms with Crippen molar-refractivity contribution >= 4 is 35.3 Å². The van der Waals surface area contributed by atoms with Gasteiger partial charge in [0.1, 0.15) is 11.4 Å². The van der Waals surface area contributed by atoms with Crippen LogP contribution in [0.1, 0.15) is 21.5 Å². The van der Waals surface area contributed by atoms with E-state index in [1.54, 1.807) is 49.6 Å². The van der Waals surface area contributed by atoms with Crippen molar-refractivity contribution in [1.82, 2.24) is 10.4 Å². The van der Waals surface area contributed by atoms with E-state index < -0.39 is 11.8 Å². The van der Waals surface area contributed by atoms with Gasteiger partial charge in [0.25, 0.3) is 11.8 Å². The third-order valence-corrected chi connectivity index (χ3v) is 4.97. The highest BCUT2D eigenvalue weighted by Gasteiger charge is 2.31. The average molecular weight is 432 g/mol. The van der Waals surface area contributed by atoms with Gasteiger partial charge in [0.2, 0.25) is 0 Å². The van der Waals surface area contributed by atoms with Crippen molar-refractivity contribution in [2.45, 2.75) is 0 Å². The van der Waals surface area contributed by atoms with Crippen LogP contribution in [0.15, 0.2) is 89.6 Å². The van der Waals surface area contributed by atoms with Crippen molar-refractivity contribution in [1.29, 1.82) is 0 Å². The van der Waals surface area contributed by atoms with Crippen LogP contribution in [0.25, 0.3) is 6.08 Å². The molecule has 0 spiro atoms. The number of benzene rings is 3. The third kappa shape index (κ3) is 4.34. The first-order valence-corrected chi connectivity index (χ1v) is 9.84. The molecule has 154 valence electrons. The van der Waals surface area contributed by atoms with Crippen LogP contribution < -0.4 is 10.2 Å². The zero-order valence-corrected chi connectivity index (χ0v) is 17.3. The summed E-state index contributed by atoms with van der Waals surface area (Å²) in [6.45, 7) is 0. The van der Waals surface area contributed by atoms with E-state index in [9.17, 15) is 9.59 Å². The van der Waals surface area contributed by atoms with Crippen LogP contribution >= 0.6 is 11.6 Å². The van der Waals surface area contributed by atoms with Crippen LogP contribution in [0, 0.1) is 0 Å². The first kappa shape index (κ1) is 20.4.